The van der Waals surface area contributed by atoms with Crippen LogP contribution >= 0.6 is 0 Å². The van der Waals surface area contributed by atoms with Gasteiger partial charge in [-0.2, -0.15) is 0 Å². The van der Waals surface area contributed by atoms with Gasteiger partial charge in [-0.25, -0.2) is 0 Å². The first-order valence-electron chi connectivity index (χ1n) is 11.5. The third kappa shape index (κ3) is 11.8. The molecule has 2 aromatic carbocycles. The molecule has 0 aromatic heterocycles. The summed E-state index contributed by atoms with van der Waals surface area (Å²) in [6, 6.07) is 21.6. The maximum atomic E-state index is 10.4. The molecule has 2 N–H and O–H groups in total. The summed E-state index contributed by atoms with van der Waals surface area (Å²) in [5.41, 5.74) is 7.90. The third-order valence-electron chi connectivity index (χ3n) is 4.81. The number of nitrogens with two attached hydrogens (primary N) is 1. The Bertz CT molecular complexity index is 622. The van der Waals surface area contributed by atoms with Gasteiger partial charge in [0.15, 0.2) is 0 Å². The molecule has 1 amide bonds. The lowest BCUT2D eigenvalue weighted by Gasteiger charge is -2.24. The van der Waals surface area contributed by atoms with Gasteiger partial charge in [0.1, 0.15) is 0 Å². The van der Waals surface area contributed by atoms with Crippen LogP contribution in [0.3, 0.4) is 0 Å². The quantitative estimate of drug-likeness (QED) is 0.613. The lowest BCUT2D eigenvalue weighted by molar-refractivity contribution is -0.119. The molecule has 0 atom stereocenters. The Balaban J connectivity index is 0.000000274. The first-order valence-corrected chi connectivity index (χ1v) is 11.5. The fourth-order valence-electron chi connectivity index (χ4n) is 3.52. The summed E-state index contributed by atoms with van der Waals surface area (Å²) >= 11 is 0. The Morgan fingerprint density at radius 3 is 1.67 bits per heavy atom. The lowest BCUT2D eigenvalue weighted by atomic mass is 9.88. The highest BCUT2D eigenvalue weighted by atomic mass is 16.1. The summed E-state index contributed by atoms with van der Waals surface area (Å²) in [5.74, 6) is 1.18. The predicted octanol–water partition coefficient (Wildman–Crippen LogP) is 6.24. The number of carbonyl (C=O) groups excluding carboxylic acids is 1. The number of carbonyl (C=O) groups is 1. The van der Waals surface area contributed by atoms with Gasteiger partial charge >= 0.3 is 0 Å². The summed E-state index contributed by atoms with van der Waals surface area (Å²) in [6.07, 6.45) is 6.16. The molecule has 1 fully saturated rings. The number of benzene rings is 2. The monoisotopic (exact) mass is 410 g/mol. The topological polar surface area (TPSA) is 46.3 Å². The largest absolute Gasteiger partial charge is 0.369 e. The van der Waals surface area contributed by atoms with E-state index in [0.29, 0.717) is 12.5 Å². The molecule has 0 aliphatic carbocycles. The molecule has 1 heterocycles. The van der Waals surface area contributed by atoms with Gasteiger partial charge in [-0.05, 0) is 49.4 Å². The predicted molar refractivity (Wildman–Crippen MR) is 130 cm³/mol. The number of likely N-dealkylation sites (tertiary alicyclic amines) is 1. The Morgan fingerprint density at radius 1 is 0.867 bits per heavy atom. The Labute approximate surface area is 184 Å². The molecule has 0 saturated carbocycles. The molecule has 0 bridgehead atoms. The number of hydrogen-bond acceptors (Lipinski definition) is 2. The maximum absolute atomic E-state index is 10.4. The first kappa shape index (κ1) is 25.9. The van der Waals surface area contributed by atoms with Gasteiger partial charge in [0, 0.05) is 5.92 Å². The highest BCUT2D eigenvalue weighted by molar-refractivity contribution is 5.75. The molecule has 0 radical (unpaired) electrons. The minimum absolute atomic E-state index is 0.207. The van der Waals surface area contributed by atoms with E-state index in [2.05, 4.69) is 93.3 Å². The second-order valence-corrected chi connectivity index (χ2v) is 8.70. The van der Waals surface area contributed by atoms with Crippen molar-refractivity contribution in [3.63, 3.8) is 0 Å². The molecule has 1 aliphatic heterocycles. The molecule has 166 valence electrons. The lowest BCUT2D eigenvalue weighted by Crippen LogP contribution is -2.37. The third-order valence-corrected chi connectivity index (χ3v) is 4.81. The van der Waals surface area contributed by atoms with E-state index in [-0.39, 0.29) is 5.91 Å². The number of hydrogen-bond donors (Lipinski definition) is 1. The van der Waals surface area contributed by atoms with Crippen LogP contribution in [0.2, 0.25) is 0 Å². The molecule has 3 rings (SSSR count). The molecule has 1 aliphatic rings. The van der Waals surface area contributed by atoms with Crippen LogP contribution < -0.4 is 5.73 Å². The van der Waals surface area contributed by atoms with Crippen molar-refractivity contribution in [2.75, 3.05) is 19.6 Å². The highest BCUT2D eigenvalue weighted by Crippen LogP contribution is 2.28. The van der Waals surface area contributed by atoms with E-state index in [1.807, 2.05) is 0 Å². The van der Waals surface area contributed by atoms with Crippen molar-refractivity contribution in [2.45, 2.75) is 65.7 Å². The Morgan fingerprint density at radius 2 is 1.30 bits per heavy atom. The summed E-state index contributed by atoms with van der Waals surface area (Å²) < 4.78 is 0. The summed E-state index contributed by atoms with van der Waals surface area (Å²) in [6.45, 7) is 11.3. The molecule has 3 heteroatoms. The SMILES string of the molecule is CC(C)C.CCCC(c1ccccc1)c1ccccc1.NC(=O)CN1CCCCC1. The summed E-state index contributed by atoms with van der Waals surface area (Å²) in [5, 5.41) is 0. The normalized spacial score (nSPS) is 13.8. The zero-order valence-corrected chi connectivity index (χ0v) is 19.5. The smallest absolute Gasteiger partial charge is 0.231 e. The summed E-state index contributed by atoms with van der Waals surface area (Å²) in [4.78, 5) is 12.6. The number of primary amides is 1. The minimum Gasteiger partial charge on any atom is -0.369 e. The number of amides is 1. The van der Waals surface area contributed by atoms with Gasteiger partial charge in [0.25, 0.3) is 0 Å². The maximum Gasteiger partial charge on any atom is 0.231 e. The molecule has 2 aromatic rings. The second kappa shape index (κ2) is 15.7. The molecular weight excluding hydrogens is 368 g/mol. The first-order chi connectivity index (χ1) is 14.4. The number of rotatable bonds is 6. The van der Waals surface area contributed by atoms with Crippen LogP contribution in [0.5, 0.6) is 0 Å². The average molecular weight is 411 g/mol. The Hall–Kier alpha value is -2.13. The van der Waals surface area contributed by atoms with E-state index in [0.717, 1.165) is 19.0 Å². The van der Waals surface area contributed by atoms with E-state index in [4.69, 9.17) is 5.73 Å². The summed E-state index contributed by atoms with van der Waals surface area (Å²) in [7, 11) is 0. The minimum atomic E-state index is -0.207. The zero-order chi connectivity index (χ0) is 22.2. The van der Waals surface area contributed by atoms with Crippen LogP contribution in [-0.2, 0) is 4.79 Å². The van der Waals surface area contributed by atoms with Crippen LogP contribution in [0.4, 0.5) is 0 Å². The van der Waals surface area contributed by atoms with Gasteiger partial charge in [0.2, 0.25) is 5.91 Å². The van der Waals surface area contributed by atoms with Crippen LogP contribution in [-0.4, -0.2) is 30.4 Å². The second-order valence-electron chi connectivity index (χ2n) is 8.70. The van der Waals surface area contributed by atoms with Gasteiger partial charge in [0.05, 0.1) is 6.54 Å². The van der Waals surface area contributed by atoms with Crippen LogP contribution in [0.1, 0.15) is 76.8 Å². The molecular formula is C27H42N2O. The standard InChI is InChI=1S/C16H18.C7H14N2O.C4H10/c1-2-9-16(14-10-5-3-6-11-14)15-12-7-4-8-13-15;8-7(10)6-9-4-2-1-3-5-9;1-4(2)3/h3-8,10-13,16H,2,9H2,1H3;1-6H2,(H2,8,10);4H,1-3H3. The van der Waals surface area contributed by atoms with Crippen LogP contribution in [0.25, 0.3) is 0 Å². The van der Waals surface area contributed by atoms with E-state index >= 15 is 0 Å². The fourth-order valence-corrected chi connectivity index (χ4v) is 3.52. The van der Waals surface area contributed by atoms with Crippen molar-refractivity contribution in [1.82, 2.24) is 4.90 Å². The molecule has 0 unspecified atom stereocenters. The van der Waals surface area contributed by atoms with E-state index < -0.39 is 0 Å². The number of piperidine rings is 1. The van der Waals surface area contributed by atoms with Crippen molar-refractivity contribution in [1.29, 1.82) is 0 Å². The van der Waals surface area contributed by atoms with Crippen molar-refractivity contribution in [3.05, 3.63) is 71.8 Å². The molecule has 0 spiro atoms. The molecule has 1 saturated heterocycles. The van der Waals surface area contributed by atoms with Crippen LogP contribution in [0, 0.1) is 5.92 Å². The van der Waals surface area contributed by atoms with Crippen molar-refractivity contribution < 1.29 is 4.79 Å². The Kier molecular flexibility index (Phi) is 13.5. The van der Waals surface area contributed by atoms with Crippen molar-refractivity contribution in [2.24, 2.45) is 11.7 Å². The van der Waals surface area contributed by atoms with Crippen molar-refractivity contribution in [3.8, 4) is 0 Å². The van der Waals surface area contributed by atoms with Gasteiger partial charge in [-0.3, -0.25) is 9.69 Å². The van der Waals surface area contributed by atoms with Crippen LogP contribution in [0.15, 0.2) is 60.7 Å². The van der Waals surface area contributed by atoms with Gasteiger partial charge in [-0.1, -0.05) is 101 Å². The average Bonchev–Trinajstić information content (AvgIpc) is 2.74. The van der Waals surface area contributed by atoms with Gasteiger partial charge in [-0.15, -0.1) is 0 Å². The van der Waals surface area contributed by atoms with E-state index in [9.17, 15) is 4.79 Å². The zero-order valence-electron chi connectivity index (χ0n) is 19.5. The van der Waals surface area contributed by atoms with Gasteiger partial charge < -0.3 is 5.73 Å². The van der Waals surface area contributed by atoms with Crippen molar-refractivity contribution >= 4 is 5.91 Å². The molecule has 3 nitrogen and oxygen atoms in total. The molecule has 30 heavy (non-hydrogen) atoms. The fraction of sp³-hybridized carbons (Fsp3) is 0.519. The van der Waals surface area contributed by atoms with E-state index in [1.165, 1.54) is 43.2 Å². The van der Waals surface area contributed by atoms with E-state index in [1.54, 1.807) is 0 Å². The highest BCUT2D eigenvalue weighted by Gasteiger charge is 2.12. The number of nitrogens with zero attached hydrogens (tertiary/aromatic N) is 1.